The fourth-order valence-corrected chi connectivity index (χ4v) is 3.16. The summed E-state index contributed by atoms with van der Waals surface area (Å²) in [5.41, 5.74) is 0.276. The molecule has 1 saturated heterocycles. The Bertz CT molecular complexity index is 478. The van der Waals surface area contributed by atoms with E-state index >= 15 is 0 Å². The standard InChI is InChI=1S/C15H21NO3S/c1-16-9-4-3-6-11(16)10-19-12-7-5-8-13(20-2)14(12)15(17)18/h5,7-8,11H,3-4,6,9-10H2,1-2H3,(H,17,18). The molecular weight excluding hydrogens is 274 g/mol. The average molecular weight is 295 g/mol. The summed E-state index contributed by atoms with van der Waals surface area (Å²) in [6, 6.07) is 5.78. The van der Waals surface area contributed by atoms with Gasteiger partial charge in [0, 0.05) is 10.9 Å². The number of likely N-dealkylation sites (tertiary alicyclic amines) is 1. The quantitative estimate of drug-likeness (QED) is 0.846. The molecule has 1 unspecified atom stereocenters. The average Bonchev–Trinajstić information content (AvgIpc) is 2.45. The number of hydrogen-bond donors (Lipinski definition) is 1. The highest BCUT2D eigenvalue weighted by atomic mass is 32.2. The molecule has 2 rings (SSSR count). The molecule has 0 radical (unpaired) electrons. The Labute approximate surface area is 124 Å². The van der Waals surface area contributed by atoms with E-state index in [1.807, 2.05) is 18.4 Å². The molecule has 0 spiro atoms. The number of hydrogen-bond acceptors (Lipinski definition) is 4. The van der Waals surface area contributed by atoms with Crippen LogP contribution in [0.1, 0.15) is 29.6 Å². The number of piperidine rings is 1. The third-order valence-corrected chi connectivity index (χ3v) is 4.55. The van der Waals surface area contributed by atoms with E-state index in [4.69, 9.17) is 4.74 Å². The minimum absolute atomic E-state index is 0.276. The summed E-state index contributed by atoms with van der Waals surface area (Å²) >= 11 is 1.43. The zero-order chi connectivity index (χ0) is 14.5. The van der Waals surface area contributed by atoms with E-state index in [-0.39, 0.29) is 5.56 Å². The van der Waals surface area contributed by atoms with Crippen LogP contribution < -0.4 is 4.74 Å². The minimum atomic E-state index is -0.929. The molecular formula is C15H21NO3S. The number of nitrogens with zero attached hydrogens (tertiary/aromatic N) is 1. The van der Waals surface area contributed by atoms with Crippen molar-refractivity contribution in [2.45, 2.75) is 30.2 Å². The third-order valence-electron chi connectivity index (χ3n) is 3.77. The largest absolute Gasteiger partial charge is 0.491 e. The van der Waals surface area contributed by atoms with E-state index in [1.54, 1.807) is 6.07 Å². The van der Waals surface area contributed by atoms with Crippen molar-refractivity contribution >= 4 is 17.7 Å². The molecule has 20 heavy (non-hydrogen) atoms. The van der Waals surface area contributed by atoms with Gasteiger partial charge in [-0.15, -0.1) is 11.8 Å². The Morgan fingerprint density at radius 2 is 2.30 bits per heavy atom. The number of carbonyl (C=O) groups is 1. The van der Waals surface area contributed by atoms with E-state index < -0.39 is 5.97 Å². The van der Waals surface area contributed by atoms with Crippen LogP contribution in [-0.2, 0) is 0 Å². The second-order valence-electron chi connectivity index (χ2n) is 5.08. The van der Waals surface area contributed by atoms with Gasteiger partial charge in [-0.1, -0.05) is 12.5 Å². The molecule has 1 aliphatic heterocycles. The van der Waals surface area contributed by atoms with Gasteiger partial charge in [0.05, 0.1) is 0 Å². The predicted molar refractivity (Wildman–Crippen MR) is 80.9 cm³/mol. The molecule has 0 saturated carbocycles. The fraction of sp³-hybridized carbons (Fsp3) is 0.533. The number of carboxylic acids is 1. The summed E-state index contributed by atoms with van der Waals surface area (Å²) in [6.07, 6.45) is 5.44. The van der Waals surface area contributed by atoms with Crippen LogP contribution in [0.25, 0.3) is 0 Å². The van der Waals surface area contributed by atoms with Crippen LogP contribution in [-0.4, -0.2) is 48.5 Å². The molecule has 1 N–H and O–H groups in total. The van der Waals surface area contributed by atoms with E-state index in [9.17, 15) is 9.90 Å². The van der Waals surface area contributed by atoms with Crippen LogP contribution in [0.4, 0.5) is 0 Å². The van der Waals surface area contributed by atoms with E-state index in [1.165, 1.54) is 24.6 Å². The Kier molecular flexibility index (Phi) is 5.31. The van der Waals surface area contributed by atoms with Crippen molar-refractivity contribution in [3.63, 3.8) is 0 Å². The smallest absolute Gasteiger partial charge is 0.340 e. The first-order valence-electron chi connectivity index (χ1n) is 6.87. The second-order valence-corrected chi connectivity index (χ2v) is 5.93. The van der Waals surface area contributed by atoms with Gasteiger partial charge in [-0.3, -0.25) is 0 Å². The van der Waals surface area contributed by atoms with Gasteiger partial charge >= 0.3 is 5.97 Å². The lowest BCUT2D eigenvalue weighted by molar-refractivity contribution is 0.0683. The Morgan fingerprint density at radius 1 is 1.50 bits per heavy atom. The first-order valence-corrected chi connectivity index (χ1v) is 8.09. The first-order chi connectivity index (χ1) is 9.63. The van der Waals surface area contributed by atoms with Crippen molar-refractivity contribution < 1.29 is 14.6 Å². The van der Waals surface area contributed by atoms with Crippen molar-refractivity contribution in [2.75, 3.05) is 26.5 Å². The van der Waals surface area contributed by atoms with Gasteiger partial charge in [0.2, 0.25) is 0 Å². The number of ether oxygens (including phenoxy) is 1. The molecule has 1 heterocycles. The van der Waals surface area contributed by atoms with Gasteiger partial charge in [0.15, 0.2) is 0 Å². The molecule has 1 fully saturated rings. The monoisotopic (exact) mass is 295 g/mol. The Balaban J connectivity index is 2.10. The summed E-state index contributed by atoms with van der Waals surface area (Å²) in [7, 11) is 2.10. The Hall–Kier alpha value is -1.20. The number of rotatable bonds is 5. The van der Waals surface area contributed by atoms with Crippen LogP contribution in [0.2, 0.25) is 0 Å². The van der Waals surface area contributed by atoms with E-state index in [2.05, 4.69) is 11.9 Å². The summed E-state index contributed by atoms with van der Waals surface area (Å²) in [5.74, 6) is -0.453. The lowest BCUT2D eigenvalue weighted by Gasteiger charge is -2.32. The van der Waals surface area contributed by atoms with Crippen molar-refractivity contribution in [1.29, 1.82) is 0 Å². The second kappa shape index (κ2) is 6.99. The molecule has 0 amide bonds. The van der Waals surface area contributed by atoms with Crippen LogP contribution in [0, 0.1) is 0 Å². The van der Waals surface area contributed by atoms with Crippen molar-refractivity contribution in [1.82, 2.24) is 4.90 Å². The van der Waals surface area contributed by atoms with Crippen LogP contribution >= 0.6 is 11.8 Å². The van der Waals surface area contributed by atoms with E-state index in [0.29, 0.717) is 18.4 Å². The number of aromatic carboxylic acids is 1. The number of benzene rings is 1. The SMILES string of the molecule is CSc1cccc(OCC2CCCCN2C)c1C(=O)O. The van der Waals surface area contributed by atoms with Crippen molar-refractivity contribution in [2.24, 2.45) is 0 Å². The maximum absolute atomic E-state index is 11.4. The highest BCUT2D eigenvalue weighted by Crippen LogP contribution is 2.29. The molecule has 1 aromatic carbocycles. The number of thioether (sulfide) groups is 1. The van der Waals surface area contributed by atoms with Gasteiger partial charge in [0.1, 0.15) is 17.9 Å². The first kappa shape index (κ1) is 15.2. The highest BCUT2D eigenvalue weighted by Gasteiger charge is 2.21. The zero-order valence-electron chi connectivity index (χ0n) is 12.0. The molecule has 4 nitrogen and oxygen atoms in total. The highest BCUT2D eigenvalue weighted by molar-refractivity contribution is 7.98. The van der Waals surface area contributed by atoms with Crippen LogP contribution in [0.5, 0.6) is 5.75 Å². The maximum atomic E-state index is 11.4. The van der Waals surface area contributed by atoms with Crippen molar-refractivity contribution in [3.8, 4) is 5.75 Å². The normalized spacial score (nSPS) is 19.8. The number of likely N-dealkylation sites (N-methyl/N-ethyl adjacent to an activating group) is 1. The predicted octanol–water partition coefficient (Wildman–Crippen LogP) is 2.97. The summed E-state index contributed by atoms with van der Waals surface area (Å²) < 4.78 is 5.82. The van der Waals surface area contributed by atoms with E-state index in [0.717, 1.165) is 17.9 Å². The third kappa shape index (κ3) is 3.46. The molecule has 1 atom stereocenters. The summed E-state index contributed by atoms with van der Waals surface area (Å²) in [6.45, 7) is 1.64. The summed E-state index contributed by atoms with van der Waals surface area (Å²) in [5, 5.41) is 9.36. The van der Waals surface area contributed by atoms with Gasteiger partial charge < -0.3 is 14.7 Å². The molecule has 1 aliphatic rings. The topological polar surface area (TPSA) is 49.8 Å². The zero-order valence-corrected chi connectivity index (χ0v) is 12.8. The molecule has 0 aromatic heterocycles. The Morgan fingerprint density at radius 3 is 2.95 bits per heavy atom. The molecule has 110 valence electrons. The van der Waals surface area contributed by atoms with Gasteiger partial charge in [0.25, 0.3) is 0 Å². The van der Waals surface area contributed by atoms with Crippen molar-refractivity contribution in [3.05, 3.63) is 23.8 Å². The number of carboxylic acid groups (broad SMARTS) is 1. The molecule has 0 aliphatic carbocycles. The van der Waals surface area contributed by atoms with Gasteiger partial charge in [-0.2, -0.15) is 0 Å². The van der Waals surface area contributed by atoms with Crippen LogP contribution in [0.15, 0.2) is 23.1 Å². The minimum Gasteiger partial charge on any atom is -0.491 e. The maximum Gasteiger partial charge on any atom is 0.340 e. The van der Waals surface area contributed by atoms with Crippen LogP contribution in [0.3, 0.4) is 0 Å². The lowest BCUT2D eigenvalue weighted by Crippen LogP contribution is -2.40. The fourth-order valence-electron chi connectivity index (χ4n) is 2.55. The molecule has 1 aromatic rings. The summed E-state index contributed by atoms with van der Waals surface area (Å²) in [4.78, 5) is 14.4. The van der Waals surface area contributed by atoms with Gasteiger partial charge in [-0.25, -0.2) is 4.79 Å². The molecule has 0 bridgehead atoms. The van der Waals surface area contributed by atoms with Gasteiger partial charge in [-0.05, 0) is 44.8 Å². The molecule has 5 heteroatoms. The lowest BCUT2D eigenvalue weighted by atomic mass is 10.0.